The molecule has 0 aliphatic carbocycles. The van der Waals surface area contributed by atoms with Crippen LogP contribution in [0.25, 0.3) is 0 Å². The second-order valence-corrected chi connectivity index (χ2v) is 8.63. The summed E-state index contributed by atoms with van der Waals surface area (Å²) in [7, 11) is 1.49. The molecule has 0 spiro atoms. The van der Waals surface area contributed by atoms with Gasteiger partial charge in [0.1, 0.15) is 5.75 Å². The number of thiazole rings is 1. The summed E-state index contributed by atoms with van der Waals surface area (Å²) in [4.78, 5) is 30.0. The molecule has 156 valence electrons. The van der Waals surface area contributed by atoms with Crippen LogP contribution in [0.3, 0.4) is 0 Å². The first-order valence-electron chi connectivity index (χ1n) is 8.89. The monoisotopic (exact) mass is 462 g/mol. The Balaban J connectivity index is 1.59. The van der Waals surface area contributed by atoms with Crippen molar-refractivity contribution in [2.24, 2.45) is 0 Å². The third kappa shape index (κ3) is 5.98. The SMILES string of the molecule is COc1ccc(Cl)cc1NC(=O)COC(=O)c1ccccc1SCc1csc(C)n1. The summed E-state index contributed by atoms with van der Waals surface area (Å²) in [6, 6.07) is 12.0. The highest BCUT2D eigenvalue weighted by atomic mass is 35.5. The van der Waals surface area contributed by atoms with Crippen LogP contribution < -0.4 is 10.1 Å². The molecular weight excluding hydrogens is 444 g/mol. The van der Waals surface area contributed by atoms with Crippen molar-refractivity contribution < 1.29 is 19.1 Å². The lowest BCUT2D eigenvalue weighted by molar-refractivity contribution is -0.119. The first-order valence-corrected chi connectivity index (χ1v) is 11.1. The largest absolute Gasteiger partial charge is 0.495 e. The van der Waals surface area contributed by atoms with Crippen molar-refractivity contribution >= 4 is 52.3 Å². The fraction of sp³-hybridized carbons (Fsp3) is 0.190. The maximum atomic E-state index is 12.5. The Morgan fingerprint density at radius 1 is 1.23 bits per heavy atom. The standard InChI is InChI=1S/C21H19ClN2O4S2/c1-13-23-15(11-29-13)12-30-19-6-4-3-5-16(19)21(26)28-10-20(25)24-17-9-14(22)7-8-18(17)27-2/h3-9,11H,10,12H2,1-2H3,(H,24,25). The highest BCUT2D eigenvalue weighted by Gasteiger charge is 2.16. The van der Waals surface area contributed by atoms with Gasteiger partial charge in [-0.1, -0.05) is 23.7 Å². The van der Waals surface area contributed by atoms with Crippen molar-refractivity contribution in [1.29, 1.82) is 0 Å². The van der Waals surface area contributed by atoms with Gasteiger partial charge in [-0.25, -0.2) is 9.78 Å². The Hall–Kier alpha value is -2.55. The molecule has 1 N–H and O–H groups in total. The zero-order valence-corrected chi connectivity index (χ0v) is 18.7. The number of benzene rings is 2. The summed E-state index contributed by atoms with van der Waals surface area (Å²) in [5.74, 6) is 0.0369. The van der Waals surface area contributed by atoms with Crippen LogP contribution >= 0.6 is 34.7 Å². The minimum Gasteiger partial charge on any atom is -0.495 e. The number of hydrogen-bond donors (Lipinski definition) is 1. The first kappa shape index (κ1) is 22.1. The number of methoxy groups -OCH3 is 1. The summed E-state index contributed by atoms with van der Waals surface area (Å²) in [5.41, 5.74) is 1.77. The van der Waals surface area contributed by atoms with Crippen molar-refractivity contribution in [3.63, 3.8) is 0 Å². The van der Waals surface area contributed by atoms with E-state index in [0.717, 1.165) is 15.6 Å². The Kier molecular flexibility index (Phi) is 7.73. The molecule has 6 nitrogen and oxygen atoms in total. The Morgan fingerprint density at radius 3 is 2.77 bits per heavy atom. The molecule has 2 aromatic carbocycles. The molecule has 9 heteroatoms. The Morgan fingerprint density at radius 2 is 2.03 bits per heavy atom. The number of rotatable bonds is 8. The molecule has 0 bridgehead atoms. The third-order valence-electron chi connectivity index (χ3n) is 3.92. The number of thioether (sulfide) groups is 1. The van der Waals surface area contributed by atoms with E-state index in [1.165, 1.54) is 18.9 Å². The summed E-state index contributed by atoms with van der Waals surface area (Å²) in [6.07, 6.45) is 0. The van der Waals surface area contributed by atoms with E-state index in [1.54, 1.807) is 41.7 Å². The van der Waals surface area contributed by atoms with Crippen LogP contribution in [-0.4, -0.2) is 30.6 Å². The molecule has 0 unspecified atom stereocenters. The number of esters is 1. The molecule has 1 heterocycles. The number of aromatic nitrogens is 1. The van der Waals surface area contributed by atoms with Gasteiger partial charge >= 0.3 is 5.97 Å². The van der Waals surface area contributed by atoms with E-state index >= 15 is 0 Å². The number of ether oxygens (including phenoxy) is 2. The number of nitrogens with one attached hydrogen (secondary N) is 1. The van der Waals surface area contributed by atoms with Crippen molar-refractivity contribution in [1.82, 2.24) is 4.98 Å². The lowest BCUT2D eigenvalue weighted by atomic mass is 10.2. The van der Waals surface area contributed by atoms with Gasteiger partial charge in [0.15, 0.2) is 6.61 Å². The summed E-state index contributed by atoms with van der Waals surface area (Å²) in [6.45, 7) is 1.52. The molecule has 0 aliphatic rings. The van der Waals surface area contributed by atoms with Crippen LogP contribution in [0.15, 0.2) is 52.7 Å². The number of aryl methyl sites for hydroxylation is 1. The normalized spacial score (nSPS) is 10.5. The molecule has 30 heavy (non-hydrogen) atoms. The van der Waals surface area contributed by atoms with E-state index in [9.17, 15) is 9.59 Å². The topological polar surface area (TPSA) is 77.5 Å². The number of nitrogens with zero attached hydrogens (tertiary/aromatic N) is 1. The fourth-order valence-electron chi connectivity index (χ4n) is 2.56. The molecule has 1 amide bonds. The molecule has 0 radical (unpaired) electrons. The van der Waals surface area contributed by atoms with Crippen molar-refractivity contribution in [3.8, 4) is 5.75 Å². The van der Waals surface area contributed by atoms with E-state index in [1.807, 2.05) is 24.4 Å². The minimum absolute atomic E-state index is 0.403. The Labute approximate surface area is 187 Å². The number of carbonyl (C=O) groups excluding carboxylic acids is 2. The third-order valence-corrected chi connectivity index (χ3v) is 6.08. The maximum Gasteiger partial charge on any atom is 0.339 e. The molecule has 0 atom stereocenters. The average Bonchev–Trinajstić information content (AvgIpc) is 3.16. The van der Waals surface area contributed by atoms with E-state index in [0.29, 0.717) is 27.8 Å². The first-order chi connectivity index (χ1) is 14.5. The molecule has 0 saturated heterocycles. The van der Waals surface area contributed by atoms with Crippen molar-refractivity contribution in [2.75, 3.05) is 19.0 Å². The molecule has 3 aromatic rings. The number of carbonyl (C=O) groups is 2. The zero-order valence-electron chi connectivity index (χ0n) is 16.3. The average molecular weight is 463 g/mol. The number of amides is 1. The Bertz CT molecular complexity index is 1050. The maximum absolute atomic E-state index is 12.5. The summed E-state index contributed by atoms with van der Waals surface area (Å²) in [5, 5.41) is 6.08. The minimum atomic E-state index is -0.569. The van der Waals surface area contributed by atoms with Gasteiger partial charge in [0.2, 0.25) is 0 Å². The van der Waals surface area contributed by atoms with Crippen LogP contribution in [-0.2, 0) is 15.3 Å². The van der Waals surface area contributed by atoms with Gasteiger partial charge in [-0.15, -0.1) is 23.1 Å². The van der Waals surface area contributed by atoms with Gasteiger partial charge in [-0.3, -0.25) is 4.79 Å². The predicted molar refractivity (Wildman–Crippen MR) is 120 cm³/mol. The fourth-order valence-corrected chi connectivity index (χ4v) is 4.38. The van der Waals surface area contributed by atoms with Gasteiger partial charge in [-0.05, 0) is 37.3 Å². The highest BCUT2D eigenvalue weighted by Crippen LogP contribution is 2.28. The molecule has 0 fully saturated rings. The van der Waals surface area contributed by atoms with Gasteiger partial charge in [0, 0.05) is 21.1 Å². The lowest BCUT2D eigenvalue weighted by Gasteiger charge is -2.11. The molecule has 1 aromatic heterocycles. The van der Waals surface area contributed by atoms with Crippen LogP contribution in [0.1, 0.15) is 21.1 Å². The van der Waals surface area contributed by atoms with Crippen LogP contribution in [0.5, 0.6) is 5.75 Å². The van der Waals surface area contributed by atoms with E-state index in [2.05, 4.69) is 10.3 Å². The number of anilines is 1. The smallest absolute Gasteiger partial charge is 0.339 e. The van der Waals surface area contributed by atoms with E-state index in [4.69, 9.17) is 21.1 Å². The van der Waals surface area contributed by atoms with Crippen LogP contribution in [0, 0.1) is 6.92 Å². The van der Waals surface area contributed by atoms with Gasteiger partial charge in [-0.2, -0.15) is 0 Å². The van der Waals surface area contributed by atoms with Crippen molar-refractivity contribution in [2.45, 2.75) is 17.6 Å². The molecular formula is C21H19ClN2O4S2. The second-order valence-electron chi connectivity index (χ2n) is 6.11. The van der Waals surface area contributed by atoms with Gasteiger partial charge in [0.25, 0.3) is 5.91 Å². The molecule has 0 aliphatic heterocycles. The predicted octanol–water partition coefficient (Wildman–Crippen LogP) is 5.20. The quantitative estimate of drug-likeness (QED) is 0.366. The summed E-state index contributed by atoms with van der Waals surface area (Å²) >= 11 is 9.04. The van der Waals surface area contributed by atoms with Crippen LogP contribution in [0.2, 0.25) is 5.02 Å². The second kappa shape index (κ2) is 10.5. The highest BCUT2D eigenvalue weighted by molar-refractivity contribution is 7.98. The van der Waals surface area contributed by atoms with Gasteiger partial charge < -0.3 is 14.8 Å². The lowest BCUT2D eigenvalue weighted by Crippen LogP contribution is -2.21. The number of hydrogen-bond acceptors (Lipinski definition) is 7. The summed E-state index contributed by atoms with van der Waals surface area (Å²) < 4.78 is 10.4. The molecule has 0 saturated carbocycles. The molecule has 3 rings (SSSR count). The van der Waals surface area contributed by atoms with E-state index in [-0.39, 0.29) is 0 Å². The van der Waals surface area contributed by atoms with Gasteiger partial charge in [0.05, 0.1) is 29.1 Å². The zero-order chi connectivity index (χ0) is 21.5. The van der Waals surface area contributed by atoms with Crippen molar-refractivity contribution in [3.05, 3.63) is 69.1 Å². The van der Waals surface area contributed by atoms with Crippen LogP contribution in [0.4, 0.5) is 5.69 Å². The van der Waals surface area contributed by atoms with E-state index < -0.39 is 18.5 Å². The number of halogens is 1.